The van der Waals surface area contributed by atoms with E-state index in [1.807, 2.05) is 24.3 Å². The van der Waals surface area contributed by atoms with Crippen LogP contribution in [-0.4, -0.2) is 68.2 Å². The third kappa shape index (κ3) is 2.26. The summed E-state index contributed by atoms with van der Waals surface area (Å²) in [5.41, 5.74) is -0.114. The summed E-state index contributed by atoms with van der Waals surface area (Å²) in [6.45, 7) is 4.40. The molecular weight excluding hydrogens is 448 g/mol. The normalized spacial score (nSPS) is 46.6. The first-order chi connectivity index (χ1) is 16.6. The number of H-pyrrole nitrogens is 1. The smallest absolute Gasteiger partial charge is 0.206 e. The van der Waals surface area contributed by atoms with Crippen LogP contribution in [0.4, 0.5) is 0 Å². The second-order valence-electron chi connectivity index (χ2n) is 12.2. The Hall–Kier alpha value is -1.97. The third-order valence-electron chi connectivity index (χ3n) is 10.6. The van der Waals surface area contributed by atoms with E-state index < -0.39 is 34.9 Å². The van der Waals surface area contributed by atoms with Crippen LogP contribution in [0.15, 0.2) is 24.3 Å². The van der Waals surface area contributed by atoms with Gasteiger partial charge in [0, 0.05) is 28.5 Å². The third-order valence-corrected chi connectivity index (χ3v) is 10.6. The van der Waals surface area contributed by atoms with Crippen LogP contribution in [0.25, 0.3) is 11.4 Å². The number of aromatic nitrogens is 2. The van der Waals surface area contributed by atoms with E-state index in [9.17, 15) is 20.4 Å². The van der Waals surface area contributed by atoms with Gasteiger partial charge in [-0.05, 0) is 61.3 Å². The molecule has 0 radical (unpaired) electrons. The Morgan fingerprint density at radius 3 is 2.51 bits per heavy atom. The van der Waals surface area contributed by atoms with Crippen molar-refractivity contribution in [1.82, 2.24) is 9.97 Å². The quantitative estimate of drug-likeness (QED) is 0.443. The summed E-state index contributed by atoms with van der Waals surface area (Å²) in [7, 11) is 1.62. The number of rotatable bonds is 2. The Morgan fingerprint density at radius 2 is 1.80 bits per heavy atom. The largest absolute Gasteiger partial charge is 0.497 e. The molecule has 8 nitrogen and oxygen atoms in total. The first kappa shape index (κ1) is 22.2. The molecule has 35 heavy (non-hydrogen) atoms. The Morgan fingerprint density at radius 1 is 1.06 bits per heavy atom. The van der Waals surface area contributed by atoms with Gasteiger partial charge in [-0.15, -0.1) is 0 Å². The molecule has 3 unspecified atom stereocenters. The van der Waals surface area contributed by atoms with Crippen molar-refractivity contribution in [2.75, 3.05) is 13.7 Å². The van der Waals surface area contributed by atoms with Crippen molar-refractivity contribution >= 4 is 0 Å². The summed E-state index contributed by atoms with van der Waals surface area (Å²) >= 11 is 0. The number of aromatic amines is 1. The van der Waals surface area contributed by atoms with Gasteiger partial charge in [0.2, 0.25) is 5.79 Å². The number of nitrogens with zero attached hydrogens (tertiary/aromatic N) is 1. The zero-order valence-corrected chi connectivity index (χ0v) is 20.4. The molecule has 6 aliphatic rings. The molecule has 188 valence electrons. The highest BCUT2D eigenvalue weighted by atomic mass is 16.6. The first-order valence-electron chi connectivity index (χ1n) is 12.8. The molecule has 3 saturated carbocycles. The molecule has 4 aliphatic carbocycles. The van der Waals surface area contributed by atoms with E-state index in [2.05, 4.69) is 18.8 Å². The lowest BCUT2D eigenvalue weighted by atomic mass is 9.35. The van der Waals surface area contributed by atoms with Gasteiger partial charge in [0.25, 0.3) is 0 Å². The first-order valence-corrected chi connectivity index (χ1v) is 12.8. The fourth-order valence-corrected chi connectivity index (χ4v) is 9.28. The predicted molar refractivity (Wildman–Crippen MR) is 126 cm³/mol. The van der Waals surface area contributed by atoms with E-state index in [-0.39, 0.29) is 29.8 Å². The number of nitrogens with one attached hydrogen (secondary N) is 1. The summed E-state index contributed by atoms with van der Waals surface area (Å²) in [5, 5.41) is 47.5. The van der Waals surface area contributed by atoms with Gasteiger partial charge in [0.15, 0.2) is 0 Å². The van der Waals surface area contributed by atoms with Crippen LogP contribution < -0.4 is 4.74 Å². The van der Waals surface area contributed by atoms with Crippen molar-refractivity contribution < 1.29 is 29.9 Å². The van der Waals surface area contributed by atoms with E-state index in [1.54, 1.807) is 7.11 Å². The molecule has 9 atom stereocenters. The number of benzene rings is 1. The standard InChI is InChI=1S/C27H34N2O6/c1-24(2)11-10-17(30)25-12-35-27(33,22(32)19(24)25)26-16(25)9-8-15(21(26)31)18-20(26)29-23(28-18)13-4-6-14(34-3)7-5-13/h4-7,15-17,19,21-22,30-33H,8-12H2,1-3H3,(H,28,29)/t15-,16?,17-,19?,21+,22-,25+,26?,27-/m0/s1. The van der Waals surface area contributed by atoms with Crippen molar-refractivity contribution in [3.63, 3.8) is 0 Å². The number of fused-ring (bicyclic) bond motifs is 4. The predicted octanol–water partition coefficient (Wildman–Crippen LogP) is 2.07. The molecule has 8 heteroatoms. The fraction of sp³-hybridized carbons (Fsp3) is 0.667. The molecule has 5 N–H and O–H groups in total. The zero-order valence-electron chi connectivity index (χ0n) is 20.4. The number of ether oxygens (including phenoxy) is 2. The lowest BCUT2D eigenvalue weighted by Crippen LogP contribution is -2.86. The molecule has 2 aliphatic heterocycles. The average molecular weight is 483 g/mol. The van der Waals surface area contributed by atoms with Gasteiger partial charge in [-0.25, -0.2) is 4.98 Å². The van der Waals surface area contributed by atoms with E-state index in [0.29, 0.717) is 17.9 Å². The van der Waals surface area contributed by atoms with Gasteiger partial charge in [-0.2, -0.15) is 0 Å². The van der Waals surface area contributed by atoms with Crippen LogP contribution in [0.3, 0.4) is 0 Å². The summed E-state index contributed by atoms with van der Waals surface area (Å²) in [5.74, 6) is -1.46. The average Bonchev–Trinajstić information content (AvgIpc) is 3.32. The zero-order chi connectivity index (χ0) is 24.5. The summed E-state index contributed by atoms with van der Waals surface area (Å²) in [6, 6.07) is 7.58. The Bertz CT molecular complexity index is 1190. The maximum absolute atomic E-state index is 12.3. The maximum Gasteiger partial charge on any atom is 0.206 e. The molecule has 3 heterocycles. The van der Waals surface area contributed by atoms with E-state index in [0.717, 1.165) is 36.3 Å². The number of hydrogen-bond acceptors (Lipinski definition) is 7. The Kier molecular flexibility index (Phi) is 4.24. The van der Waals surface area contributed by atoms with Crippen molar-refractivity contribution in [2.24, 2.45) is 22.7 Å². The van der Waals surface area contributed by atoms with Crippen molar-refractivity contribution in [1.29, 1.82) is 0 Å². The molecule has 1 aromatic heterocycles. The SMILES string of the molecule is COc1ccc(-c2nc3c([nH]2)[C@@H]2CCC4C3([C@@H]2O)[C@@]2(O)OC[C@@]43C([C@@H]2O)C(C)(C)CC[C@@H]3O)cc1. The second kappa shape index (κ2) is 6.66. The molecule has 0 amide bonds. The lowest BCUT2D eigenvalue weighted by molar-refractivity contribution is -0.449. The molecule has 2 aromatic rings. The fourth-order valence-electron chi connectivity index (χ4n) is 9.28. The Labute approximate surface area is 204 Å². The van der Waals surface area contributed by atoms with Gasteiger partial charge in [0.05, 0.1) is 31.6 Å². The summed E-state index contributed by atoms with van der Waals surface area (Å²) < 4.78 is 11.5. The van der Waals surface area contributed by atoms with Gasteiger partial charge in [0.1, 0.15) is 23.1 Å². The van der Waals surface area contributed by atoms with Crippen LogP contribution >= 0.6 is 0 Å². The van der Waals surface area contributed by atoms with Gasteiger partial charge in [-0.1, -0.05) is 13.8 Å². The van der Waals surface area contributed by atoms with Gasteiger partial charge >= 0.3 is 0 Å². The molecular formula is C27H34N2O6. The van der Waals surface area contributed by atoms with E-state index in [4.69, 9.17) is 14.5 Å². The number of methoxy groups -OCH3 is 1. The van der Waals surface area contributed by atoms with Crippen molar-refractivity contribution in [3.8, 4) is 17.1 Å². The molecule has 2 saturated heterocycles. The number of hydrogen-bond donors (Lipinski definition) is 5. The minimum Gasteiger partial charge on any atom is -0.497 e. The topological polar surface area (TPSA) is 128 Å². The molecule has 8 rings (SSSR count). The molecule has 5 fully saturated rings. The van der Waals surface area contributed by atoms with Crippen LogP contribution in [0.2, 0.25) is 0 Å². The minimum absolute atomic E-state index is 0.171. The summed E-state index contributed by atoms with van der Waals surface area (Å²) in [4.78, 5) is 8.43. The van der Waals surface area contributed by atoms with Gasteiger partial charge in [-0.3, -0.25) is 0 Å². The molecule has 2 spiro atoms. The number of imidazole rings is 1. The van der Waals surface area contributed by atoms with Crippen LogP contribution in [-0.2, 0) is 10.2 Å². The minimum atomic E-state index is -1.99. The van der Waals surface area contributed by atoms with Crippen molar-refractivity contribution in [2.45, 2.75) is 75.0 Å². The highest BCUT2D eigenvalue weighted by molar-refractivity contribution is 5.60. The lowest BCUT2D eigenvalue weighted by Gasteiger charge is -2.75. The van der Waals surface area contributed by atoms with E-state index in [1.165, 1.54) is 0 Å². The van der Waals surface area contributed by atoms with E-state index >= 15 is 0 Å². The summed E-state index contributed by atoms with van der Waals surface area (Å²) in [6.07, 6.45) is -0.0879. The maximum atomic E-state index is 12.3. The van der Waals surface area contributed by atoms with Crippen LogP contribution in [0, 0.1) is 22.7 Å². The van der Waals surface area contributed by atoms with Gasteiger partial charge < -0.3 is 34.9 Å². The number of aliphatic hydroxyl groups is 4. The highest BCUT2D eigenvalue weighted by Gasteiger charge is 2.85. The number of aliphatic hydroxyl groups excluding tert-OH is 3. The Balaban J connectivity index is 1.45. The highest BCUT2D eigenvalue weighted by Crippen LogP contribution is 2.76. The molecule has 1 aromatic carbocycles. The van der Waals surface area contributed by atoms with Crippen LogP contribution in [0.1, 0.15) is 56.8 Å². The monoisotopic (exact) mass is 482 g/mol. The second-order valence-corrected chi connectivity index (χ2v) is 12.2. The molecule has 4 bridgehead atoms. The van der Waals surface area contributed by atoms with Crippen LogP contribution in [0.5, 0.6) is 5.75 Å². The van der Waals surface area contributed by atoms with Crippen molar-refractivity contribution in [3.05, 3.63) is 35.7 Å².